The van der Waals surface area contributed by atoms with Crippen molar-refractivity contribution in [3.63, 3.8) is 0 Å². The molecule has 2 aromatic rings. The molecule has 19 heavy (non-hydrogen) atoms. The summed E-state index contributed by atoms with van der Waals surface area (Å²) in [5.41, 5.74) is 1.53. The van der Waals surface area contributed by atoms with E-state index in [2.05, 4.69) is 5.10 Å². The second kappa shape index (κ2) is 5.86. The lowest BCUT2D eigenvalue weighted by molar-refractivity contribution is 0.107. The molecular formula is C13H13ClN2O3. The van der Waals surface area contributed by atoms with Crippen molar-refractivity contribution in [2.45, 2.75) is 13.2 Å². The molecule has 1 aromatic carbocycles. The molecule has 2 rings (SSSR count). The third-order valence-corrected chi connectivity index (χ3v) is 2.91. The van der Waals surface area contributed by atoms with Crippen molar-refractivity contribution in [3.8, 4) is 5.88 Å². The number of carbonyl (C=O) groups is 1. The van der Waals surface area contributed by atoms with Crippen LogP contribution < -0.4 is 4.74 Å². The van der Waals surface area contributed by atoms with Gasteiger partial charge in [-0.3, -0.25) is 9.48 Å². The summed E-state index contributed by atoms with van der Waals surface area (Å²) in [6.45, 7) is -0.0551. The van der Waals surface area contributed by atoms with Crippen LogP contribution in [-0.2, 0) is 20.3 Å². The first kappa shape index (κ1) is 13.6. The predicted molar refractivity (Wildman–Crippen MR) is 70.1 cm³/mol. The van der Waals surface area contributed by atoms with E-state index in [0.717, 1.165) is 0 Å². The molecule has 100 valence electrons. The first-order valence-electron chi connectivity index (χ1n) is 5.65. The average molecular weight is 281 g/mol. The summed E-state index contributed by atoms with van der Waals surface area (Å²) in [4.78, 5) is 11.4. The zero-order valence-electron chi connectivity index (χ0n) is 10.3. The second-order valence-electron chi connectivity index (χ2n) is 3.99. The van der Waals surface area contributed by atoms with Gasteiger partial charge in [0.25, 0.3) is 5.24 Å². The van der Waals surface area contributed by atoms with Gasteiger partial charge < -0.3 is 9.84 Å². The average Bonchev–Trinajstić information content (AvgIpc) is 2.81. The van der Waals surface area contributed by atoms with Gasteiger partial charge in [0, 0.05) is 30.4 Å². The fourth-order valence-corrected chi connectivity index (χ4v) is 1.93. The van der Waals surface area contributed by atoms with Gasteiger partial charge in [-0.05, 0) is 23.2 Å². The van der Waals surface area contributed by atoms with Crippen molar-refractivity contribution < 1.29 is 14.6 Å². The lowest BCUT2D eigenvalue weighted by Crippen LogP contribution is -2.07. The van der Waals surface area contributed by atoms with Gasteiger partial charge in [-0.15, -0.1) is 5.10 Å². The van der Waals surface area contributed by atoms with Crippen molar-refractivity contribution >= 4 is 16.8 Å². The van der Waals surface area contributed by atoms with E-state index in [4.69, 9.17) is 16.3 Å². The van der Waals surface area contributed by atoms with Crippen LogP contribution in [0.15, 0.2) is 30.5 Å². The summed E-state index contributed by atoms with van der Waals surface area (Å²) in [5.74, 6) is 0.447. The number of nitrogens with zero attached hydrogens (tertiary/aromatic N) is 2. The Balaban J connectivity index is 2.25. The summed E-state index contributed by atoms with van der Waals surface area (Å²) in [6.07, 6.45) is 1.75. The Morgan fingerprint density at radius 1 is 1.47 bits per heavy atom. The van der Waals surface area contributed by atoms with E-state index < -0.39 is 5.24 Å². The van der Waals surface area contributed by atoms with E-state index in [1.165, 1.54) is 0 Å². The summed E-state index contributed by atoms with van der Waals surface area (Å²) in [5, 5.41) is 12.8. The third-order valence-electron chi connectivity index (χ3n) is 2.71. The molecule has 0 aliphatic carbocycles. The predicted octanol–water partition coefficient (Wildman–Crippen LogP) is 1.87. The third kappa shape index (κ3) is 3.13. The SMILES string of the molecule is Cn1ccc(OCc2c(CO)cccc2C(=O)Cl)n1. The fraction of sp³-hybridized carbons (Fsp3) is 0.231. The van der Waals surface area contributed by atoms with Crippen molar-refractivity contribution in [2.24, 2.45) is 7.05 Å². The molecule has 0 amide bonds. The number of ether oxygens (including phenoxy) is 1. The molecule has 0 bridgehead atoms. The van der Waals surface area contributed by atoms with Crippen LogP contribution in [0.25, 0.3) is 0 Å². The number of aromatic nitrogens is 2. The molecule has 0 saturated heterocycles. The Morgan fingerprint density at radius 2 is 2.26 bits per heavy atom. The van der Waals surface area contributed by atoms with E-state index >= 15 is 0 Å². The minimum atomic E-state index is -0.574. The Kier molecular flexibility index (Phi) is 4.19. The molecule has 1 N–H and O–H groups in total. The maximum atomic E-state index is 11.4. The van der Waals surface area contributed by atoms with Gasteiger partial charge in [0.2, 0.25) is 5.88 Å². The molecule has 0 spiro atoms. The van der Waals surface area contributed by atoms with Gasteiger partial charge >= 0.3 is 0 Å². The number of aliphatic hydroxyl groups excluding tert-OH is 1. The maximum Gasteiger partial charge on any atom is 0.252 e. The molecule has 0 atom stereocenters. The Bertz CT molecular complexity index is 595. The molecule has 0 saturated carbocycles. The first-order valence-corrected chi connectivity index (χ1v) is 6.03. The standard InChI is InChI=1S/C13H13ClN2O3/c1-16-6-5-12(15-16)19-8-11-9(7-17)3-2-4-10(11)13(14)18/h2-6,17H,7-8H2,1H3. The Morgan fingerprint density at radius 3 is 2.84 bits per heavy atom. The molecule has 1 heterocycles. The summed E-state index contributed by atoms with van der Waals surface area (Å²) in [6, 6.07) is 6.71. The quantitative estimate of drug-likeness (QED) is 0.849. The van der Waals surface area contributed by atoms with Crippen LogP contribution in [-0.4, -0.2) is 20.1 Å². The largest absolute Gasteiger partial charge is 0.472 e. The number of hydrogen-bond acceptors (Lipinski definition) is 4. The smallest absolute Gasteiger partial charge is 0.252 e. The van der Waals surface area contributed by atoms with E-state index in [1.54, 1.807) is 42.2 Å². The number of aryl methyl sites for hydroxylation is 1. The highest BCUT2D eigenvalue weighted by Gasteiger charge is 2.13. The lowest BCUT2D eigenvalue weighted by Gasteiger charge is -2.11. The zero-order chi connectivity index (χ0) is 13.8. The van der Waals surface area contributed by atoms with Crippen molar-refractivity contribution in [2.75, 3.05) is 0 Å². The topological polar surface area (TPSA) is 64.3 Å². The van der Waals surface area contributed by atoms with Crippen LogP contribution >= 0.6 is 11.6 Å². The molecule has 5 nitrogen and oxygen atoms in total. The number of benzene rings is 1. The number of halogens is 1. The van der Waals surface area contributed by atoms with Crippen molar-refractivity contribution in [1.29, 1.82) is 0 Å². The first-order chi connectivity index (χ1) is 9.11. The van der Waals surface area contributed by atoms with E-state index in [-0.39, 0.29) is 13.2 Å². The van der Waals surface area contributed by atoms with Gasteiger partial charge in [-0.1, -0.05) is 12.1 Å². The number of hydrogen-bond donors (Lipinski definition) is 1. The normalized spacial score (nSPS) is 10.5. The van der Waals surface area contributed by atoms with Crippen molar-refractivity contribution in [1.82, 2.24) is 9.78 Å². The van der Waals surface area contributed by atoms with Gasteiger partial charge in [0.1, 0.15) is 6.61 Å². The maximum absolute atomic E-state index is 11.4. The van der Waals surface area contributed by atoms with Gasteiger partial charge in [-0.2, -0.15) is 0 Å². The molecule has 0 unspecified atom stereocenters. The van der Waals surface area contributed by atoms with Crippen LogP contribution in [0.2, 0.25) is 0 Å². The van der Waals surface area contributed by atoms with E-state index in [1.807, 2.05) is 0 Å². The number of aliphatic hydroxyl groups is 1. The van der Waals surface area contributed by atoms with Crippen LogP contribution in [0.3, 0.4) is 0 Å². The lowest BCUT2D eigenvalue weighted by atomic mass is 10.0. The molecular weight excluding hydrogens is 268 g/mol. The molecule has 0 aliphatic rings. The fourth-order valence-electron chi connectivity index (χ4n) is 1.75. The Labute approximate surface area is 115 Å². The van der Waals surface area contributed by atoms with Crippen LogP contribution in [0.5, 0.6) is 5.88 Å². The molecule has 0 aliphatic heterocycles. The van der Waals surface area contributed by atoms with Crippen LogP contribution in [0, 0.1) is 0 Å². The minimum absolute atomic E-state index is 0.127. The highest BCUT2D eigenvalue weighted by molar-refractivity contribution is 6.67. The zero-order valence-corrected chi connectivity index (χ0v) is 11.1. The molecule has 0 fully saturated rings. The highest BCUT2D eigenvalue weighted by atomic mass is 35.5. The number of carbonyl (C=O) groups excluding carboxylic acids is 1. The minimum Gasteiger partial charge on any atom is -0.472 e. The highest BCUT2D eigenvalue weighted by Crippen LogP contribution is 2.19. The van der Waals surface area contributed by atoms with E-state index in [9.17, 15) is 9.90 Å². The van der Waals surface area contributed by atoms with Crippen LogP contribution in [0.4, 0.5) is 0 Å². The van der Waals surface area contributed by atoms with Crippen LogP contribution in [0.1, 0.15) is 21.5 Å². The van der Waals surface area contributed by atoms with Gasteiger partial charge in [0.05, 0.1) is 6.61 Å². The van der Waals surface area contributed by atoms with E-state index in [0.29, 0.717) is 22.6 Å². The summed E-state index contributed by atoms with van der Waals surface area (Å²) >= 11 is 5.53. The Hall–Kier alpha value is -1.85. The monoisotopic (exact) mass is 280 g/mol. The summed E-state index contributed by atoms with van der Waals surface area (Å²) < 4.78 is 7.10. The number of rotatable bonds is 5. The molecule has 6 heteroatoms. The molecule has 1 aromatic heterocycles. The second-order valence-corrected chi connectivity index (χ2v) is 4.33. The molecule has 0 radical (unpaired) electrons. The van der Waals surface area contributed by atoms with Crippen molar-refractivity contribution in [3.05, 3.63) is 47.2 Å². The van der Waals surface area contributed by atoms with Gasteiger partial charge in [0.15, 0.2) is 0 Å². The summed E-state index contributed by atoms with van der Waals surface area (Å²) in [7, 11) is 1.78. The van der Waals surface area contributed by atoms with Gasteiger partial charge in [-0.25, -0.2) is 0 Å².